The Labute approximate surface area is 201 Å². The lowest BCUT2D eigenvalue weighted by molar-refractivity contribution is 0.240. The van der Waals surface area contributed by atoms with Crippen LogP contribution >= 0.6 is 0 Å². The second-order valence-electron chi connectivity index (χ2n) is 10.2. The maximum atomic E-state index is 9.25. The molecule has 2 aromatic rings. The zero-order valence-corrected chi connectivity index (χ0v) is 21.5. The summed E-state index contributed by atoms with van der Waals surface area (Å²) < 4.78 is 12.6. The van der Waals surface area contributed by atoms with Gasteiger partial charge >= 0.3 is 0 Å². The van der Waals surface area contributed by atoms with Gasteiger partial charge in [0, 0.05) is 12.0 Å². The van der Waals surface area contributed by atoms with Gasteiger partial charge in [-0.3, -0.25) is 0 Å². The minimum atomic E-state index is -2.51. The van der Waals surface area contributed by atoms with Crippen LogP contribution in [0.5, 0.6) is 0 Å². The fourth-order valence-corrected chi connectivity index (χ4v) is 9.62. The number of rotatable bonds is 13. The largest absolute Gasteiger partial charge is 0.407 e. The second-order valence-corrected chi connectivity index (χ2v) is 14.5. The van der Waals surface area contributed by atoms with Crippen LogP contribution in [0.15, 0.2) is 86.0 Å². The first-order chi connectivity index (χ1) is 15.8. The summed E-state index contributed by atoms with van der Waals surface area (Å²) in [4.78, 5) is 0. The topological polar surface area (TPSA) is 42.0 Å². The van der Waals surface area contributed by atoms with Gasteiger partial charge in [-0.15, -0.1) is 13.2 Å². The lowest BCUT2D eigenvalue weighted by Crippen LogP contribution is -2.66. The Morgan fingerprint density at radius 3 is 1.88 bits per heavy atom. The van der Waals surface area contributed by atoms with Crippen LogP contribution < -0.4 is 10.4 Å². The minimum absolute atomic E-state index is 0.0100. The highest BCUT2D eigenvalue weighted by atomic mass is 28.4. The molecule has 2 atom stereocenters. The first-order valence-corrected chi connectivity index (χ1v) is 14.0. The average molecular weight is 465 g/mol. The normalized spacial score (nSPS) is 18.7. The van der Waals surface area contributed by atoms with Crippen LogP contribution in [0.1, 0.15) is 46.5 Å². The Morgan fingerprint density at radius 2 is 1.45 bits per heavy atom. The lowest BCUT2D eigenvalue weighted by atomic mass is 9.79. The van der Waals surface area contributed by atoms with E-state index in [1.165, 1.54) is 10.4 Å². The molecule has 1 saturated heterocycles. The van der Waals surface area contributed by atoms with E-state index in [9.17, 15) is 5.11 Å². The number of aliphatic hydroxyl groups excluding tert-OH is 1. The number of benzene rings is 2. The molecule has 0 radical (unpaired) electrons. The van der Waals surface area contributed by atoms with E-state index in [1.54, 1.807) is 0 Å². The van der Waals surface area contributed by atoms with Gasteiger partial charge in [0.25, 0.3) is 8.32 Å². The molecule has 0 unspecified atom stereocenters. The molecule has 0 aliphatic carbocycles. The number of epoxide rings is 1. The summed E-state index contributed by atoms with van der Waals surface area (Å²) in [5, 5.41) is 11.8. The van der Waals surface area contributed by atoms with Crippen molar-refractivity contribution < 1.29 is 14.3 Å². The summed E-state index contributed by atoms with van der Waals surface area (Å²) in [7, 11) is -2.51. The maximum Gasteiger partial charge on any atom is 0.261 e. The van der Waals surface area contributed by atoms with E-state index < -0.39 is 8.32 Å². The van der Waals surface area contributed by atoms with E-state index >= 15 is 0 Å². The lowest BCUT2D eigenvalue weighted by Gasteiger charge is -2.43. The summed E-state index contributed by atoms with van der Waals surface area (Å²) in [6.45, 7) is 15.9. The van der Waals surface area contributed by atoms with E-state index in [-0.39, 0.29) is 29.3 Å². The molecule has 0 aromatic heterocycles. The van der Waals surface area contributed by atoms with Gasteiger partial charge in [0.2, 0.25) is 0 Å². The van der Waals surface area contributed by atoms with Gasteiger partial charge in [-0.25, -0.2) is 0 Å². The van der Waals surface area contributed by atoms with Crippen molar-refractivity contribution >= 4 is 18.7 Å². The monoisotopic (exact) mass is 464 g/mol. The first kappa shape index (κ1) is 25.6. The Hall–Kier alpha value is -1.98. The maximum absolute atomic E-state index is 9.25. The third-order valence-electron chi connectivity index (χ3n) is 7.10. The molecule has 178 valence electrons. The Balaban J connectivity index is 1.76. The molecule has 3 rings (SSSR count). The van der Waals surface area contributed by atoms with Gasteiger partial charge in [-0.2, -0.15) is 0 Å². The molecule has 4 heteroatoms. The number of allylic oxidation sites excluding steroid dienone is 2. The van der Waals surface area contributed by atoms with Crippen LogP contribution in [0.2, 0.25) is 5.04 Å². The zero-order valence-electron chi connectivity index (χ0n) is 20.5. The SMILES string of the molecule is C=CC(C=C)(CCCO[Si](c1ccccc1)(c1ccccc1)C(C)(C)C)CC[C@@H]1O[C@H]1CO. The molecule has 0 saturated carbocycles. The molecule has 1 aliphatic rings. The molecule has 1 N–H and O–H groups in total. The molecule has 1 aliphatic heterocycles. The molecule has 1 fully saturated rings. The van der Waals surface area contributed by atoms with Gasteiger partial charge < -0.3 is 14.3 Å². The highest BCUT2D eigenvalue weighted by Crippen LogP contribution is 2.39. The van der Waals surface area contributed by atoms with Crippen LogP contribution in [-0.2, 0) is 9.16 Å². The number of hydrogen-bond acceptors (Lipinski definition) is 3. The van der Waals surface area contributed by atoms with Gasteiger partial charge in [-0.1, -0.05) is 93.6 Å². The molecule has 33 heavy (non-hydrogen) atoms. The highest BCUT2D eigenvalue weighted by molar-refractivity contribution is 6.99. The zero-order chi connectivity index (χ0) is 24.0. The van der Waals surface area contributed by atoms with E-state index in [1.807, 2.05) is 12.2 Å². The molecule has 3 nitrogen and oxygen atoms in total. The van der Waals surface area contributed by atoms with Gasteiger partial charge in [0.05, 0.1) is 12.7 Å². The third-order valence-corrected chi connectivity index (χ3v) is 12.1. The summed E-state index contributed by atoms with van der Waals surface area (Å²) in [6.07, 6.45) is 7.95. The number of ether oxygens (including phenoxy) is 1. The number of aliphatic hydroxyl groups is 1. The van der Waals surface area contributed by atoms with Gasteiger partial charge in [0.1, 0.15) is 6.10 Å². The average Bonchev–Trinajstić information content (AvgIpc) is 3.60. The summed E-state index contributed by atoms with van der Waals surface area (Å²) in [5.41, 5.74) is -0.138. The van der Waals surface area contributed by atoms with Crippen molar-refractivity contribution in [2.24, 2.45) is 5.41 Å². The van der Waals surface area contributed by atoms with Crippen LogP contribution in [0, 0.1) is 5.41 Å². The van der Waals surface area contributed by atoms with Crippen molar-refractivity contribution in [1.29, 1.82) is 0 Å². The first-order valence-electron chi connectivity index (χ1n) is 12.1. The summed E-state index contributed by atoms with van der Waals surface area (Å²) in [6, 6.07) is 21.6. The fourth-order valence-electron chi connectivity index (χ4n) is 5.01. The standard InChI is InChI=1S/C29H40O3Si/c1-6-29(7-2,21-19-26-27(23-30)32-26)20-14-22-31-33(28(3,4)5,24-15-10-8-11-16-24)25-17-12-9-13-18-25/h6-13,15-18,26-27,30H,1-2,14,19-23H2,3-5H3/t26-,27-/m0/s1. The Morgan fingerprint density at radius 1 is 0.909 bits per heavy atom. The highest BCUT2D eigenvalue weighted by Gasteiger charge is 2.50. The molecule has 0 spiro atoms. The van der Waals surface area contributed by atoms with E-state index in [0.717, 1.165) is 25.7 Å². The van der Waals surface area contributed by atoms with Crippen LogP contribution in [0.25, 0.3) is 0 Å². The summed E-state index contributed by atoms with van der Waals surface area (Å²) >= 11 is 0. The predicted octanol–water partition coefficient (Wildman–Crippen LogP) is 5.24. The molecular weight excluding hydrogens is 424 g/mol. The van der Waals surface area contributed by atoms with Crippen molar-refractivity contribution in [3.8, 4) is 0 Å². The van der Waals surface area contributed by atoms with Crippen molar-refractivity contribution in [1.82, 2.24) is 0 Å². The third kappa shape index (κ3) is 5.75. The molecule has 0 amide bonds. The van der Waals surface area contributed by atoms with Gasteiger partial charge in [0.15, 0.2) is 0 Å². The smallest absolute Gasteiger partial charge is 0.261 e. The van der Waals surface area contributed by atoms with Crippen LogP contribution in [0.3, 0.4) is 0 Å². The molecule has 1 heterocycles. The molecule has 0 bridgehead atoms. The van der Waals surface area contributed by atoms with Gasteiger partial charge in [-0.05, 0) is 41.1 Å². The fraction of sp³-hybridized carbons (Fsp3) is 0.448. The van der Waals surface area contributed by atoms with E-state index in [4.69, 9.17) is 9.16 Å². The van der Waals surface area contributed by atoms with Crippen molar-refractivity contribution in [3.63, 3.8) is 0 Å². The number of hydrogen-bond donors (Lipinski definition) is 1. The second kappa shape index (κ2) is 11.0. The van der Waals surface area contributed by atoms with E-state index in [0.29, 0.717) is 6.61 Å². The molecule has 2 aromatic carbocycles. The Bertz CT molecular complexity index is 841. The van der Waals surface area contributed by atoms with Crippen molar-refractivity contribution in [3.05, 3.63) is 86.0 Å². The quantitative estimate of drug-likeness (QED) is 0.191. The Kier molecular flexibility index (Phi) is 8.52. The van der Waals surface area contributed by atoms with E-state index in [2.05, 4.69) is 94.6 Å². The van der Waals surface area contributed by atoms with Crippen LogP contribution in [0.4, 0.5) is 0 Å². The van der Waals surface area contributed by atoms with Crippen molar-refractivity contribution in [2.45, 2.75) is 63.7 Å². The predicted molar refractivity (Wildman–Crippen MR) is 141 cm³/mol. The minimum Gasteiger partial charge on any atom is -0.407 e. The van der Waals surface area contributed by atoms with Crippen LogP contribution in [-0.4, -0.2) is 38.8 Å². The summed E-state index contributed by atoms with van der Waals surface area (Å²) in [5.74, 6) is 0. The van der Waals surface area contributed by atoms with Crippen molar-refractivity contribution in [2.75, 3.05) is 13.2 Å². The molecular formula is C29H40O3Si.